The third-order valence-corrected chi connectivity index (χ3v) is 16.1. The molecule has 0 unspecified atom stereocenters. The summed E-state index contributed by atoms with van der Waals surface area (Å²) in [6.45, 7) is 10.0. The number of hydrazone groups is 1. The third-order valence-electron chi connectivity index (χ3n) is 12.8. The van der Waals surface area contributed by atoms with Crippen molar-refractivity contribution in [2.24, 2.45) is 11.0 Å². The Kier molecular flexibility index (Phi) is 18.5. The maximum absolute atomic E-state index is 15.0. The molecule has 4 fully saturated rings. The minimum Gasteiger partial charge on any atom is -0.494 e. The number of hydrogen-bond donors (Lipinski definition) is 3. The maximum Gasteiger partial charge on any atom is 0.333 e. The fraction of sp³-hybridized carbons (Fsp3) is 0.500. The number of amides is 7. The molecule has 21 heteroatoms. The van der Waals surface area contributed by atoms with E-state index in [2.05, 4.69) is 31.0 Å². The highest BCUT2D eigenvalue weighted by atomic mass is 33.1. The summed E-state index contributed by atoms with van der Waals surface area (Å²) in [6.07, 6.45) is 6.84. The molecule has 3 aromatic rings. The Morgan fingerprint density at radius 2 is 1.65 bits per heavy atom. The molecule has 1 saturated carbocycles. The molecule has 3 saturated heterocycles. The van der Waals surface area contributed by atoms with E-state index in [1.165, 1.54) is 6.07 Å². The van der Waals surface area contributed by atoms with Crippen LogP contribution in [0.3, 0.4) is 0 Å². The number of hydroxylamine groups is 2. The van der Waals surface area contributed by atoms with E-state index >= 15 is 4.39 Å². The molecule has 7 rings (SSSR count). The van der Waals surface area contributed by atoms with E-state index in [0.29, 0.717) is 78.6 Å². The summed E-state index contributed by atoms with van der Waals surface area (Å²) in [6, 6.07) is 15.5. The second-order valence-corrected chi connectivity index (χ2v) is 21.8. The smallest absolute Gasteiger partial charge is 0.333 e. The van der Waals surface area contributed by atoms with Crippen molar-refractivity contribution >= 4 is 74.5 Å². The lowest BCUT2D eigenvalue weighted by Crippen LogP contribution is -2.55. The molecule has 18 nitrogen and oxygen atoms in total. The Morgan fingerprint density at radius 1 is 0.915 bits per heavy atom. The van der Waals surface area contributed by atoms with Gasteiger partial charge >= 0.3 is 12.0 Å². The highest BCUT2D eigenvalue weighted by Gasteiger charge is 2.44. The monoisotopic (exact) mass is 1020 g/mol. The van der Waals surface area contributed by atoms with E-state index in [1.807, 2.05) is 30.9 Å². The van der Waals surface area contributed by atoms with E-state index in [4.69, 9.17) is 9.57 Å². The van der Waals surface area contributed by atoms with Crippen LogP contribution in [0.25, 0.3) is 0 Å². The van der Waals surface area contributed by atoms with Gasteiger partial charge in [-0.2, -0.15) is 5.10 Å². The predicted octanol–water partition coefficient (Wildman–Crippen LogP) is 6.03. The number of nitrogens with one attached hydrogen (secondary N) is 3. The zero-order valence-corrected chi connectivity index (χ0v) is 42.0. The molecule has 4 heterocycles. The van der Waals surface area contributed by atoms with Crippen LogP contribution < -0.4 is 20.8 Å². The van der Waals surface area contributed by atoms with Gasteiger partial charge in [-0.25, -0.2) is 19.4 Å². The van der Waals surface area contributed by atoms with Crippen molar-refractivity contribution in [2.45, 2.75) is 102 Å². The van der Waals surface area contributed by atoms with Gasteiger partial charge in [0.1, 0.15) is 11.6 Å². The number of benzene rings is 2. The van der Waals surface area contributed by atoms with Crippen LogP contribution in [0.2, 0.25) is 0 Å². The fourth-order valence-corrected chi connectivity index (χ4v) is 11.1. The molecule has 0 spiro atoms. The standard InChI is InChI=1S/C50H62FN9O9S2/c1-33(34-9-12-39(13-10-34)68-26-5-7-47(65)69-60-45(63)14-15-46(60)64)55-56-43(61)30-50(2,3)71-70-27-18-44(62)58-24-22-57(23-25-58)38-16-20-59(21-17-38)49(67)53-32-36-8-11-37(28-42(36)51)54-48(66)41-29-40(41)35-6-4-19-52-31-35/h4,6,8-13,19,28,31,38,40-41H,5,7,14-18,20-27,29-30,32H2,1-3H3,(H,53,67)(H,54,66)(H,56,61)/b55-33+/t40-,41+/m1/s1. The molecular formula is C50H62FN9O9S2. The number of ether oxygens (including phenoxy) is 1. The van der Waals surface area contributed by atoms with Gasteiger partial charge < -0.3 is 30.0 Å². The number of halogens is 1. The highest BCUT2D eigenvalue weighted by Crippen LogP contribution is 2.47. The first-order chi connectivity index (χ1) is 34.1. The Morgan fingerprint density at radius 3 is 2.34 bits per heavy atom. The number of rotatable bonds is 21. The van der Waals surface area contributed by atoms with Crippen LogP contribution in [-0.2, 0) is 40.1 Å². The van der Waals surface area contributed by atoms with Crippen LogP contribution in [0.4, 0.5) is 14.9 Å². The van der Waals surface area contributed by atoms with Crippen molar-refractivity contribution in [3.05, 3.63) is 89.5 Å². The minimum absolute atomic E-state index is 0.0171. The molecule has 3 N–H and O–H groups in total. The lowest BCUT2D eigenvalue weighted by atomic mass is 10.0. The predicted molar refractivity (Wildman–Crippen MR) is 267 cm³/mol. The molecule has 71 heavy (non-hydrogen) atoms. The Labute approximate surface area is 420 Å². The van der Waals surface area contributed by atoms with E-state index in [9.17, 15) is 33.6 Å². The van der Waals surface area contributed by atoms with Gasteiger partial charge in [-0.3, -0.25) is 33.9 Å². The highest BCUT2D eigenvalue weighted by molar-refractivity contribution is 8.77. The van der Waals surface area contributed by atoms with Crippen molar-refractivity contribution < 1.29 is 47.5 Å². The lowest BCUT2D eigenvalue weighted by Gasteiger charge is -2.42. The summed E-state index contributed by atoms with van der Waals surface area (Å²) in [5, 5.41) is 10.5. The average molecular weight is 1020 g/mol. The van der Waals surface area contributed by atoms with Crippen LogP contribution in [0.5, 0.6) is 5.75 Å². The molecule has 1 aliphatic carbocycles. The minimum atomic E-state index is -0.678. The van der Waals surface area contributed by atoms with Crippen molar-refractivity contribution in [3.8, 4) is 5.75 Å². The van der Waals surface area contributed by atoms with Gasteiger partial charge in [-0.1, -0.05) is 33.7 Å². The first-order valence-corrected chi connectivity index (χ1v) is 26.4. The van der Waals surface area contributed by atoms with Crippen molar-refractivity contribution in [1.82, 2.24) is 35.5 Å². The summed E-state index contributed by atoms with van der Waals surface area (Å²) in [5.74, 6) is -1.33. The number of piperidine rings is 1. The van der Waals surface area contributed by atoms with Gasteiger partial charge in [0.2, 0.25) is 17.7 Å². The molecular weight excluding hydrogens is 954 g/mol. The number of aromatic nitrogens is 1. The molecule has 2 atom stereocenters. The van der Waals surface area contributed by atoms with Crippen molar-refractivity contribution in [3.63, 3.8) is 0 Å². The summed E-state index contributed by atoms with van der Waals surface area (Å²) >= 11 is 0. The van der Waals surface area contributed by atoms with Crippen molar-refractivity contribution in [1.29, 1.82) is 0 Å². The van der Waals surface area contributed by atoms with Crippen LogP contribution in [-0.4, -0.2) is 134 Å². The van der Waals surface area contributed by atoms with Gasteiger partial charge in [0.15, 0.2) is 0 Å². The first-order valence-electron chi connectivity index (χ1n) is 24.1. The van der Waals surface area contributed by atoms with Gasteiger partial charge in [-0.05, 0) is 106 Å². The number of anilines is 1. The second-order valence-electron chi connectivity index (χ2n) is 18.7. The molecule has 1 aromatic heterocycles. The van der Waals surface area contributed by atoms with Crippen LogP contribution in [0, 0.1) is 11.7 Å². The summed E-state index contributed by atoms with van der Waals surface area (Å²) in [5.41, 5.74) is 5.77. The molecule has 0 bridgehead atoms. The molecule has 4 aliphatic rings. The maximum atomic E-state index is 15.0. The van der Waals surface area contributed by atoms with Gasteiger partial charge in [0.25, 0.3) is 11.8 Å². The Hall–Kier alpha value is -6.06. The topological polar surface area (TPSA) is 212 Å². The zero-order valence-electron chi connectivity index (χ0n) is 40.4. The number of hydrogen-bond acceptors (Lipinski definition) is 14. The normalized spacial score (nSPS) is 18.8. The Bertz CT molecular complexity index is 2420. The lowest BCUT2D eigenvalue weighted by molar-refractivity contribution is -0.197. The Balaban J connectivity index is 0.713. The number of nitrogens with zero attached hydrogens (tertiary/aromatic N) is 6. The molecule has 2 aromatic carbocycles. The van der Waals surface area contributed by atoms with E-state index in [1.54, 1.807) is 82.2 Å². The largest absolute Gasteiger partial charge is 0.494 e. The quantitative estimate of drug-likeness (QED) is 0.0367. The number of likely N-dealkylation sites (tertiary alicyclic amines) is 1. The summed E-state index contributed by atoms with van der Waals surface area (Å²) in [7, 11) is 3.14. The second kappa shape index (κ2) is 24.9. The number of piperazine rings is 1. The summed E-state index contributed by atoms with van der Waals surface area (Å²) in [4.78, 5) is 102. The average Bonchev–Trinajstić information content (AvgIpc) is 4.12. The number of carbonyl (C=O) groups is 7. The number of imide groups is 1. The SMILES string of the molecule is C/C(=N\NC(=O)CC(C)(C)SSCCC(=O)N1CCN(C2CCN(C(=O)NCc3ccc(NC(=O)[C@H]4C[C@@H]4c4cccnc4)cc3F)CC2)CC1)c1ccc(OCCCC(=O)ON2C(=O)CCC2=O)cc1. The number of carbonyl (C=O) groups excluding carboxylic acids is 7. The number of urea groups is 1. The first kappa shape index (κ1) is 52.8. The zero-order chi connectivity index (χ0) is 50.5. The molecule has 380 valence electrons. The molecule has 0 radical (unpaired) electrons. The van der Waals surface area contributed by atoms with E-state index < -0.39 is 28.3 Å². The summed E-state index contributed by atoms with van der Waals surface area (Å²) < 4.78 is 20.3. The molecule has 7 amide bonds. The van der Waals surface area contributed by atoms with E-state index in [0.717, 1.165) is 43.5 Å². The van der Waals surface area contributed by atoms with Gasteiger partial charge in [0.05, 0.1) is 18.7 Å². The van der Waals surface area contributed by atoms with E-state index in [-0.39, 0.29) is 74.4 Å². The van der Waals surface area contributed by atoms with Crippen molar-refractivity contribution in [2.75, 3.05) is 56.9 Å². The van der Waals surface area contributed by atoms with Crippen LogP contribution >= 0.6 is 21.6 Å². The third kappa shape index (κ3) is 15.5. The number of pyridine rings is 1. The van der Waals surface area contributed by atoms with Gasteiger partial charge in [-0.15, -0.1) is 5.06 Å². The fourth-order valence-electron chi connectivity index (χ4n) is 8.66. The van der Waals surface area contributed by atoms with Gasteiger partial charge in [0, 0.05) is 118 Å². The molecule has 3 aliphatic heterocycles. The van der Waals surface area contributed by atoms with Crippen LogP contribution in [0.1, 0.15) is 101 Å². The van der Waals surface area contributed by atoms with Crippen LogP contribution in [0.15, 0.2) is 72.1 Å².